The van der Waals surface area contributed by atoms with Crippen LogP contribution in [0.1, 0.15) is 45.0 Å². The summed E-state index contributed by atoms with van der Waals surface area (Å²) in [5.41, 5.74) is 0.630. The second-order valence-corrected chi connectivity index (χ2v) is 7.95. The Balaban J connectivity index is 1.74. The fourth-order valence-electron chi connectivity index (χ4n) is 3.69. The minimum absolute atomic E-state index is 0.0414. The highest BCUT2D eigenvalue weighted by Gasteiger charge is 2.46. The molecule has 0 aliphatic carbocycles. The monoisotopic (exact) mass is 388 g/mol. The fraction of sp³-hybridized carbons (Fsp3) is 0.421. The van der Waals surface area contributed by atoms with Crippen LogP contribution in [0, 0.1) is 13.8 Å². The van der Waals surface area contributed by atoms with Crippen molar-refractivity contribution >= 4 is 23.0 Å². The molecule has 2 aromatic rings. The molecular formula is C19H20N2O5S. The molecular weight excluding hydrogens is 368 g/mol. The van der Waals surface area contributed by atoms with E-state index in [1.807, 2.05) is 6.92 Å². The van der Waals surface area contributed by atoms with Crippen molar-refractivity contribution in [3.8, 4) is 0 Å². The predicted octanol–water partition coefficient (Wildman–Crippen LogP) is 3.11. The zero-order valence-electron chi connectivity index (χ0n) is 15.1. The maximum atomic E-state index is 13.2. The minimum atomic E-state index is -0.772. The number of rotatable bonds is 5. The molecule has 142 valence electrons. The number of ketones is 1. The number of hydrogen-bond acceptors (Lipinski definition) is 7. The molecule has 0 bridgehead atoms. The Morgan fingerprint density at radius 1 is 1.44 bits per heavy atom. The van der Waals surface area contributed by atoms with Crippen molar-refractivity contribution in [2.45, 2.75) is 38.8 Å². The van der Waals surface area contributed by atoms with Crippen LogP contribution < -0.4 is 0 Å². The van der Waals surface area contributed by atoms with Crippen molar-refractivity contribution < 1.29 is 23.8 Å². The van der Waals surface area contributed by atoms with E-state index in [0.29, 0.717) is 29.5 Å². The molecule has 0 radical (unpaired) electrons. The van der Waals surface area contributed by atoms with Gasteiger partial charge in [0, 0.05) is 13.2 Å². The Kier molecular flexibility index (Phi) is 4.61. The van der Waals surface area contributed by atoms with Gasteiger partial charge >= 0.3 is 0 Å². The summed E-state index contributed by atoms with van der Waals surface area (Å²) in [4.78, 5) is 32.2. The van der Waals surface area contributed by atoms with Gasteiger partial charge in [0.15, 0.2) is 5.76 Å². The molecule has 8 heteroatoms. The molecule has 4 rings (SSSR count). The van der Waals surface area contributed by atoms with Gasteiger partial charge in [-0.1, -0.05) is 0 Å². The van der Waals surface area contributed by atoms with E-state index in [2.05, 4.69) is 4.98 Å². The summed E-state index contributed by atoms with van der Waals surface area (Å²) in [6.07, 6.45) is 3.15. The number of aliphatic hydroxyl groups excluding tert-OH is 1. The topological polar surface area (TPSA) is 92.9 Å². The third-order valence-electron chi connectivity index (χ3n) is 4.90. The average molecular weight is 388 g/mol. The van der Waals surface area contributed by atoms with Crippen LogP contribution in [0.3, 0.4) is 0 Å². The molecule has 0 spiro atoms. The van der Waals surface area contributed by atoms with Crippen LogP contribution in [0.5, 0.6) is 0 Å². The third kappa shape index (κ3) is 3.08. The van der Waals surface area contributed by atoms with Gasteiger partial charge in [0.05, 0.1) is 33.5 Å². The molecule has 1 amide bonds. The molecule has 0 saturated carbocycles. The number of amides is 1. The number of hydrogen-bond donors (Lipinski definition) is 1. The molecule has 2 aliphatic rings. The van der Waals surface area contributed by atoms with E-state index in [9.17, 15) is 14.7 Å². The number of Topliss-reactive ketones (excluding diaryl/α,β-unsaturated/α-hetero) is 1. The maximum absolute atomic E-state index is 13.2. The number of ether oxygens (including phenoxy) is 1. The second-order valence-electron chi connectivity index (χ2n) is 6.75. The third-order valence-corrected chi connectivity index (χ3v) is 5.97. The minimum Gasteiger partial charge on any atom is -0.503 e. The van der Waals surface area contributed by atoms with E-state index in [1.165, 1.54) is 22.5 Å². The largest absolute Gasteiger partial charge is 0.503 e. The first-order valence-corrected chi connectivity index (χ1v) is 9.67. The summed E-state index contributed by atoms with van der Waals surface area (Å²) in [7, 11) is 0. The number of nitrogens with zero attached hydrogens (tertiary/aromatic N) is 2. The number of carbonyl (C=O) groups excluding carboxylic acids is 2. The number of aliphatic hydroxyl groups is 1. The lowest BCUT2D eigenvalue weighted by Gasteiger charge is -2.27. The molecule has 2 atom stereocenters. The van der Waals surface area contributed by atoms with Gasteiger partial charge in [-0.2, -0.15) is 0 Å². The van der Waals surface area contributed by atoms with Crippen molar-refractivity contribution in [3.05, 3.63) is 51.1 Å². The van der Waals surface area contributed by atoms with Gasteiger partial charge in [-0.15, -0.1) is 11.3 Å². The van der Waals surface area contributed by atoms with Gasteiger partial charge in [0.25, 0.3) is 5.91 Å². The Morgan fingerprint density at radius 2 is 2.26 bits per heavy atom. The number of carbonyl (C=O) groups is 2. The van der Waals surface area contributed by atoms with Gasteiger partial charge in [0.2, 0.25) is 5.78 Å². The maximum Gasteiger partial charge on any atom is 0.290 e. The molecule has 7 nitrogen and oxygen atoms in total. The van der Waals surface area contributed by atoms with E-state index < -0.39 is 17.7 Å². The molecule has 2 aromatic heterocycles. The van der Waals surface area contributed by atoms with E-state index in [4.69, 9.17) is 9.15 Å². The summed E-state index contributed by atoms with van der Waals surface area (Å²) < 4.78 is 11.2. The van der Waals surface area contributed by atoms with Gasteiger partial charge < -0.3 is 19.2 Å². The quantitative estimate of drug-likeness (QED) is 0.791. The Hall–Kier alpha value is -2.45. The van der Waals surface area contributed by atoms with Crippen molar-refractivity contribution in [3.63, 3.8) is 0 Å². The van der Waals surface area contributed by atoms with Crippen molar-refractivity contribution in [2.24, 2.45) is 0 Å². The van der Waals surface area contributed by atoms with Gasteiger partial charge in [-0.25, -0.2) is 4.98 Å². The molecule has 1 fully saturated rings. The standard InChI is InChI=1S/C19H20N2O5S/c1-10-18(27-11(2)20-10)16(22)14-15(13-6-4-8-26-13)21(19(24)17(14)23)9-12-5-3-7-25-12/h4,6,8,12,15,23H,3,5,7,9H2,1-2H3. The molecule has 27 heavy (non-hydrogen) atoms. The predicted molar refractivity (Wildman–Crippen MR) is 97.7 cm³/mol. The summed E-state index contributed by atoms with van der Waals surface area (Å²) in [5.74, 6) is -1.05. The molecule has 0 aromatic carbocycles. The zero-order chi connectivity index (χ0) is 19.1. The summed E-state index contributed by atoms with van der Waals surface area (Å²) in [6, 6.07) is 2.63. The van der Waals surface area contributed by atoms with Crippen LogP contribution in [0.2, 0.25) is 0 Å². The second kappa shape index (κ2) is 6.94. The van der Waals surface area contributed by atoms with Crippen LogP contribution in [-0.2, 0) is 9.53 Å². The Labute approximate surface area is 160 Å². The lowest BCUT2D eigenvalue weighted by atomic mass is 9.99. The Bertz CT molecular complexity index is 909. The smallest absolute Gasteiger partial charge is 0.290 e. The van der Waals surface area contributed by atoms with E-state index >= 15 is 0 Å². The van der Waals surface area contributed by atoms with Crippen LogP contribution >= 0.6 is 11.3 Å². The highest BCUT2D eigenvalue weighted by Crippen LogP contribution is 2.40. The fourth-order valence-corrected chi connectivity index (χ4v) is 4.56. The lowest BCUT2D eigenvalue weighted by molar-refractivity contribution is -0.131. The van der Waals surface area contributed by atoms with Gasteiger partial charge in [-0.3, -0.25) is 9.59 Å². The first-order chi connectivity index (χ1) is 13.0. The lowest BCUT2D eigenvalue weighted by Crippen LogP contribution is -2.37. The van der Waals surface area contributed by atoms with Gasteiger partial charge in [-0.05, 0) is 38.8 Å². The highest BCUT2D eigenvalue weighted by atomic mass is 32.1. The summed E-state index contributed by atoms with van der Waals surface area (Å²) in [6.45, 7) is 4.52. The molecule has 2 unspecified atom stereocenters. The van der Waals surface area contributed by atoms with Crippen molar-refractivity contribution in [1.29, 1.82) is 0 Å². The van der Waals surface area contributed by atoms with Crippen LogP contribution in [0.25, 0.3) is 0 Å². The van der Waals surface area contributed by atoms with Gasteiger partial charge in [0.1, 0.15) is 11.8 Å². The van der Waals surface area contributed by atoms with Crippen molar-refractivity contribution in [1.82, 2.24) is 9.88 Å². The van der Waals surface area contributed by atoms with E-state index in [1.54, 1.807) is 19.1 Å². The number of aromatic nitrogens is 1. The molecule has 2 aliphatic heterocycles. The molecule has 4 heterocycles. The molecule has 1 N–H and O–H groups in total. The highest BCUT2D eigenvalue weighted by molar-refractivity contribution is 7.14. The van der Waals surface area contributed by atoms with Crippen LogP contribution in [0.15, 0.2) is 34.1 Å². The first kappa shape index (κ1) is 17.9. The SMILES string of the molecule is Cc1nc(C)c(C(=O)C2=C(O)C(=O)N(CC3CCCO3)C2c2ccco2)s1. The summed E-state index contributed by atoms with van der Waals surface area (Å²) in [5, 5.41) is 11.3. The normalized spacial score (nSPS) is 22.9. The average Bonchev–Trinajstić information content (AvgIpc) is 3.40. The Morgan fingerprint density at radius 3 is 2.85 bits per heavy atom. The number of aryl methyl sites for hydroxylation is 2. The number of furan rings is 1. The molecule has 1 saturated heterocycles. The van der Waals surface area contributed by atoms with Crippen molar-refractivity contribution in [2.75, 3.05) is 13.2 Å². The van der Waals surface area contributed by atoms with Crippen LogP contribution in [-0.4, -0.2) is 45.9 Å². The number of thiazole rings is 1. The first-order valence-electron chi connectivity index (χ1n) is 8.85. The van der Waals surface area contributed by atoms with Crippen LogP contribution in [0.4, 0.5) is 0 Å². The zero-order valence-corrected chi connectivity index (χ0v) is 15.9. The van der Waals surface area contributed by atoms with E-state index in [0.717, 1.165) is 17.8 Å². The summed E-state index contributed by atoms with van der Waals surface area (Å²) >= 11 is 1.25. The van der Waals surface area contributed by atoms with E-state index in [-0.39, 0.29) is 17.5 Å².